The van der Waals surface area contributed by atoms with Crippen molar-refractivity contribution in [2.24, 2.45) is 0 Å². The predicted octanol–water partition coefficient (Wildman–Crippen LogP) is 4.22. The number of anilines is 1. The van der Waals surface area contributed by atoms with Gasteiger partial charge >= 0.3 is 0 Å². The number of nitrogens with one attached hydrogen (secondary N) is 1. The Bertz CT molecular complexity index is 554. The van der Waals surface area contributed by atoms with Crippen LogP contribution < -0.4 is 10.1 Å². The van der Waals surface area contributed by atoms with Crippen LogP contribution in [0.3, 0.4) is 0 Å². The summed E-state index contributed by atoms with van der Waals surface area (Å²) in [5, 5.41) is 3.09. The predicted molar refractivity (Wildman–Crippen MR) is 83.3 cm³/mol. The molecule has 0 spiro atoms. The summed E-state index contributed by atoms with van der Waals surface area (Å²) in [7, 11) is 1.87. The van der Waals surface area contributed by atoms with Crippen molar-refractivity contribution in [3.05, 3.63) is 53.7 Å². The maximum absolute atomic E-state index is 6.01. The van der Waals surface area contributed by atoms with E-state index in [4.69, 9.17) is 4.74 Å². The van der Waals surface area contributed by atoms with Crippen LogP contribution >= 0.6 is 0 Å². The van der Waals surface area contributed by atoms with E-state index >= 15 is 0 Å². The first-order valence-corrected chi connectivity index (χ1v) is 7.09. The fourth-order valence-electron chi connectivity index (χ4n) is 2.17. The Kier molecular flexibility index (Phi) is 4.99. The molecule has 1 N–H and O–H groups in total. The van der Waals surface area contributed by atoms with E-state index in [1.54, 1.807) is 6.20 Å². The first kappa shape index (κ1) is 14.4. The monoisotopic (exact) mass is 270 g/mol. The van der Waals surface area contributed by atoms with Crippen molar-refractivity contribution in [1.29, 1.82) is 0 Å². The van der Waals surface area contributed by atoms with Crippen LogP contribution in [0.1, 0.15) is 37.3 Å². The number of hydrogen-bond donors (Lipinski definition) is 1. The highest BCUT2D eigenvalue weighted by Gasteiger charge is 2.10. The van der Waals surface area contributed by atoms with Crippen molar-refractivity contribution in [3.63, 3.8) is 0 Å². The lowest BCUT2D eigenvalue weighted by Crippen LogP contribution is -2.04. The smallest absolute Gasteiger partial charge is 0.132 e. The van der Waals surface area contributed by atoms with Gasteiger partial charge in [-0.15, -0.1) is 0 Å². The number of hydrogen-bond acceptors (Lipinski definition) is 3. The van der Waals surface area contributed by atoms with Gasteiger partial charge < -0.3 is 10.1 Å². The second-order valence-electron chi connectivity index (χ2n) is 4.90. The summed E-state index contributed by atoms with van der Waals surface area (Å²) in [5.41, 5.74) is 2.33. The molecule has 1 aromatic heterocycles. The molecule has 0 saturated heterocycles. The minimum Gasteiger partial charge on any atom is -0.488 e. The maximum Gasteiger partial charge on any atom is 0.132 e. The summed E-state index contributed by atoms with van der Waals surface area (Å²) >= 11 is 0. The highest BCUT2D eigenvalue weighted by molar-refractivity contribution is 5.43. The van der Waals surface area contributed by atoms with Gasteiger partial charge in [-0.3, -0.25) is 0 Å². The molecule has 3 heteroatoms. The van der Waals surface area contributed by atoms with E-state index in [1.807, 2.05) is 31.3 Å². The number of benzene rings is 1. The lowest BCUT2D eigenvalue weighted by Gasteiger charge is -2.16. The van der Waals surface area contributed by atoms with Gasteiger partial charge in [0, 0.05) is 18.8 Å². The summed E-state index contributed by atoms with van der Waals surface area (Å²) in [6, 6.07) is 12.2. The Balaban J connectivity index is 2.15. The van der Waals surface area contributed by atoms with Crippen LogP contribution in [0.25, 0.3) is 0 Å². The zero-order valence-electron chi connectivity index (χ0n) is 12.4. The molecule has 0 aliphatic rings. The molecular formula is C17H22N2O. The average Bonchev–Trinajstić information content (AvgIpc) is 2.52. The first-order chi connectivity index (χ1) is 9.76. The molecule has 0 saturated carbocycles. The molecule has 0 amide bonds. The molecule has 106 valence electrons. The van der Waals surface area contributed by atoms with Crippen LogP contribution in [0.4, 0.5) is 5.82 Å². The van der Waals surface area contributed by atoms with Crippen LogP contribution in [0.15, 0.2) is 42.6 Å². The lowest BCUT2D eigenvalue weighted by molar-refractivity contribution is 0.301. The van der Waals surface area contributed by atoms with E-state index in [1.165, 1.54) is 5.56 Å². The van der Waals surface area contributed by atoms with Crippen LogP contribution in [-0.4, -0.2) is 12.0 Å². The zero-order valence-corrected chi connectivity index (χ0v) is 12.4. The van der Waals surface area contributed by atoms with Gasteiger partial charge in [-0.25, -0.2) is 4.98 Å². The summed E-state index contributed by atoms with van der Waals surface area (Å²) in [6.07, 6.45) is 2.89. The second kappa shape index (κ2) is 6.94. The van der Waals surface area contributed by atoms with E-state index < -0.39 is 0 Å². The molecule has 0 radical (unpaired) electrons. The van der Waals surface area contributed by atoms with Gasteiger partial charge in [0.15, 0.2) is 0 Å². The molecule has 2 rings (SSSR count). The Morgan fingerprint density at radius 1 is 1.20 bits per heavy atom. The maximum atomic E-state index is 6.01. The van der Waals surface area contributed by atoms with Crippen molar-refractivity contribution in [2.45, 2.75) is 32.8 Å². The van der Waals surface area contributed by atoms with Gasteiger partial charge in [-0.2, -0.15) is 0 Å². The van der Waals surface area contributed by atoms with E-state index in [2.05, 4.69) is 36.3 Å². The number of para-hydroxylation sites is 1. The Morgan fingerprint density at radius 3 is 2.75 bits per heavy atom. The van der Waals surface area contributed by atoms with E-state index in [0.717, 1.165) is 23.6 Å². The quantitative estimate of drug-likeness (QED) is 0.853. The van der Waals surface area contributed by atoms with Gasteiger partial charge in [0.05, 0.1) is 0 Å². The molecule has 20 heavy (non-hydrogen) atoms. The highest BCUT2D eigenvalue weighted by Crippen LogP contribution is 2.29. The molecule has 1 unspecified atom stereocenters. The van der Waals surface area contributed by atoms with Crippen LogP contribution in [0, 0.1) is 0 Å². The molecule has 0 bridgehead atoms. The molecule has 2 aromatic rings. The van der Waals surface area contributed by atoms with Gasteiger partial charge in [0.1, 0.15) is 18.2 Å². The molecule has 1 aromatic carbocycles. The Morgan fingerprint density at radius 2 is 2.00 bits per heavy atom. The summed E-state index contributed by atoms with van der Waals surface area (Å²) in [5.74, 6) is 2.34. The molecular weight excluding hydrogens is 248 g/mol. The van der Waals surface area contributed by atoms with Gasteiger partial charge in [-0.1, -0.05) is 38.1 Å². The fraction of sp³-hybridized carbons (Fsp3) is 0.353. The van der Waals surface area contributed by atoms with Crippen molar-refractivity contribution >= 4 is 5.82 Å². The van der Waals surface area contributed by atoms with Crippen molar-refractivity contribution in [1.82, 2.24) is 4.98 Å². The van der Waals surface area contributed by atoms with Crippen molar-refractivity contribution < 1.29 is 4.74 Å². The van der Waals surface area contributed by atoms with Crippen LogP contribution in [-0.2, 0) is 6.61 Å². The summed E-state index contributed by atoms with van der Waals surface area (Å²) in [4.78, 5) is 4.29. The topological polar surface area (TPSA) is 34.1 Å². The van der Waals surface area contributed by atoms with Crippen molar-refractivity contribution in [3.8, 4) is 5.75 Å². The highest BCUT2D eigenvalue weighted by atomic mass is 16.5. The standard InChI is InChI=1S/C17H22N2O/c1-4-13(2)15-9-5-6-10-16(15)20-12-14-8-7-11-19-17(14)18-3/h5-11,13H,4,12H2,1-3H3,(H,18,19). The number of nitrogens with zero attached hydrogens (tertiary/aromatic N) is 1. The molecule has 1 atom stereocenters. The molecule has 0 aliphatic heterocycles. The largest absolute Gasteiger partial charge is 0.488 e. The van der Waals surface area contributed by atoms with Crippen LogP contribution in [0.2, 0.25) is 0 Å². The SMILES string of the molecule is CCC(C)c1ccccc1OCc1cccnc1NC. The third kappa shape index (κ3) is 3.29. The van der Waals surface area contributed by atoms with Gasteiger partial charge in [0.2, 0.25) is 0 Å². The first-order valence-electron chi connectivity index (χ1n) is 7.09. The van der Waals surface area contributed by atoms with E-state index in [9.17, 15) is 0 Å². The third-order valence-electron chi connectivity index (χ3n) is 3.57. The number of rotatable bonds is 6. The third-order valence-corrected chi connectivity index (χ3v) is 3.57. The van der Waals surface area contributed by atoms with E-state index in [0.29, 0.717) is 12.5 Å². The minimum absolute atomic E-state index is 0.504. The molecule has 1 heterocycles. The fourth-order valence-corrected chi connectivity index (χ4v) is 2.17. The zero-order chi connectivity index (χ0) is 14.4. The average molecular weight is 270 g/mol. The van der Waals surface area contributed by atoms with Gasteiger partial charge in [-0.05, 0) is 30.0 Å². The van der Waals surface area contributed by atoms with E-state index in [-0.39, 0.29) is 0 Å². The lowest BCUT2D eigenvalue weighted by atomic mass is 9.98. The van der Waals surface area contributed by atoms with Crippen molar-refractivity contribution in [2.75, 3.05) is 12.4 Å². The van der Waals surface area contributed by atoms with Gasteiger partial charge in [0.25, 0.3) is 0 Å². The normalized spacial score (nSPS) is 11.9. The minimum atomic E-state index is 0.504. The Hall–Kier alpha value is -2.03. The number of ether oxygens (including phenoxy) is 1. The summed E-state index contributed by atoms with van der Waals surface area (Å²) in [6.45, 7) is 4.95. The number of aromatic nitrogens is 1. The number of pyridine rings is 1. The molecule has 0 aliphatic carbocycles. The Labute approximate surface area is 121 Å². The molecule has 3 nitrogen and oxygen atoms in total. The second-order valence-corrected chi connectivity index (χ2v) is 4.90. The molecule has 0 fully saturated rings. The summed E-state index contributed by atoms with van der Waals surface area (Å²) < 4.78 is 6.01. The van der Waals surface area contributed by atoms with Crippen LogP contribution in [0.5, 0.6) is 5.75 Å².